The molecule has 78 heavy (non-hydrogen) atoms. The number of hydrogen-bond acceptors (Lipinski definition) is 2. The first kappa shape index (κ1) is 38.1. The van der Waals surface area contributed by atoms with Gasteiger partial charge in [-0.25, -0.2) is 0 Å². The number of para-hydroxylation sites is 6. The molecule has 0 unspecified atom stereocenters. The molecule has 354 valence electrons. The molecular weight excluding hydrogens is 953 g/mol. The predicted octanol–water partition coefficient (Wildman–Crippen LogP) is 19.8. The van der Waals surface area contributed by atoms with Gasteiger partial charge < -0.3 is 26.4 Å². The maximum atomic E-state index is 7.15. The highest BCUT2D eigenvalue weighted by Crippen LogP contribution is 2.53. The Bertz CT molecular complexity index is 6550. The molecule has 0 radical (unpaired) electrons. The SMILES string of the molecule is c1ccc2c(c1)oc1cc3c4cc5c(c6cccc7c8c(-c9ccc%10oc%11c(ccc%12c%13cc%14c(c%15cccc%16c%17ccccc%17n%14c%16%15)c%14c%15ccccc%15n(c%12%11)c%13%14)c%10c9)cccc8n5c76)c5c6ccccc6n(c3cc12)c45. The van der Waals surface area contributed by atoms with Gasteiger partial charge in [0.2, 0.25) is 0 Å². The van der Waals surface area contributed by atoms with Crippen LogP contribution in [0, 0.1) is 0 Å². The molecule has 0 aliphatic carbocycles. The van der Waals surface area contributed by atoms with Crippen molar-refractivity contribution in [2.24, 2.45) is 0 Å². The van der Waals surface area contributed by atoms with Gasteiger partial charge in [0.25, 0.3) is 0 Å². The maximum Gasteiger partial charge on any atom is 0.160 e. The summed E-state index contributed by atoms with van der Waals surface area (Å²) in [5.41, 5.74) is 20.8. The summed E-state index contributed by atoms with van der Waals surface area (Å²) in [6, 6.07) is 76.9. The number of benzene rings is 12. The summed E-state index contributed by atoms with van der Waals surface area (Å²) in [4.78, 5) is 0. The van der Waals surface area contributed by atoms with Crippen LogP contribution in [0.5, 0.6) is 0 Å². The first-order valence-electron chi connectivity index (χ1n) is 27.0. The second kappa shape index (κ2) is 12.4. The van der Waals surface area contributed by atoms with Crippen LogP contribution >= 0.6 is 0 Å². The summed E-state index contributed by atoms with van der Waals surface area (Å²) >= 11 is 0. The Balaban J connectivity index is 0.807. The highest BCUT2D eigenvalue weighted by atomic mass is 16.3. The van der Waals surface area contributed by atoms with Crippen molar-refractivity contribution < 1.29 is 8.83 Å². The molecule has 10 aromatic heterocycles. The van der Waals surface area contributed by atoms with Crippen molar-refractivity contribution in [1.82, 2.24) is 17.6 Å². The molecule has 22 aromatic rings. The van der Waals surface area contributed by atoms with Crippen molar-refractivity contribution in [2.75, 3.05) is 0 Å². The van der Waals surface area contributed by atoms with Gasteiger partial charge in [0.15, 0.2) is 5.58 Å². The zero-order chi connectivity index (χ0) is 49.7. The fourth-order valence-corrected chi connectivity index (χ4v) is 16.0. The van der Waals surface area contributed by atoms with Gasteiger partial charge in [0.1, 0.15) is 16.7 Å². The van der Waals surface area contributed by atoms with E-state index in [-0.39, 0.29) is 0 Å². The van der Waals surface area contributed by atoms with Crippen LogP contribution in [0.25, 0.3) is 207 Å². The Morgan fingerprint density at radius 2 is 0.731 bits per heavy atom. The lowest BCUT2D eigenvalue weighted by Crippen LogP contribution is -1.84. The van der Waals surface area contributed by atoms with Crippen molar-refractivity contribution in [3.05, 3.63) is 206 Å². The Labute approximate surface area is 437 Å². The fraction of sp³-hybridized carbons (Fsp3) is 0. The van der Waals surface area contributed by atoms with Crippen molar-refractivity contribution in [1.29, 1.82) is 0 Å². The molecule has 6 nitrogen and oxygen atoms in total. The van der Waals surface area contributed by atoms with Crippen LogP contribution in [0.4, 0.5) is 0 Å². The molecule has 10 heterocycles. The standard InChI is InChI=1S/C72H34N4O2/c1-5-21-52-37(12-1)39-17-9-19-45-63-57(74(52)67(39)45)32-50-40-27-28-41-48-30-35(26-29-60(48)78-72(41)71(40)76-54-23-7-3-15-43(54)66(63)70(50)76)36-16-11-24-55-62(36)44-18-10-20-46-64-58(75(55)68(44)46)33-51-47-34-61-49(38-13-4-8-25-59(38)77-61)31-56(47)73-53-22-6-2-14-42(53)65(64)69(51)73/h1-34H. The zero-order valence-electron chi connectivity index (χ0n) is 41.2. The minimum atomic E-state index is 0.886. The van der Waals surface area contributed by atoms with Gasteiger partial charge in [-0.2, -0.15) is 0 Å². The molecule has 0 fully saturated rings. The predicted molar refractivity (Wildman–Crippen MR) is 325 cm³/mol. The van der Waals surface area contributed by atoms with Crippen LogP contribution in [0.15, 0.2) is 215 Å². The molecule has 0 aliphatic rings. The van der Waals surface area contributed by atoms with Crippen LogP contribution in [0.2, 0.25) is 0 Å². The van der Waals surface area contributed by atoms with Crippen molar-refractivity contribution >= 4 is 196 Å². The van der Waals surface area contributed by atoms with E-state index in [0.29, 0.717) is 0 Å². The molecule has 0 N–H and O–H groups in total. The van der Waals surface area contributed by atoms with E-state index >= 15 is 0 Å². The quantitative estimate of drug-likeness (QED) is 0.164. The third kappa shape index (κ3) is 3.98. The Morgan fingerprint density at radius 1 is 0.218 bits per heavy atom. The Morgan fingerprint density at radius 3 is 1.51 bits per heavy atom. The number of fused-ring (bicyclic) bond motifs is 33. The molecule has 0 saturated carbocycles. The van der Waals surface area contributed by atoms with Gasteiger partial charge >= 0.3 is 0 Å². The molecule has 0 atom stereocenters. The number of nitrogens with zero attached hydrogens (tertiary/aromatic N) is 4. The van der Waals surface area contributed by atoms with Gasteiger partial charge in [-0.3, -0.25) is 0 Å². The molecular formula is C72H34N4O2. The van der Waals surface area contributed by atoms with Crippen molar-refractivity contribution in [2.45, 2.75) is 0 Å². The molecule has 0 amide bonds. The monoisotopic (exact) mass is 986 g/mol. The van der Waals surface area contributed by atoms with E-state index in [2.05, 4.69) is 224 Å². The van der Waals surface area contributed by atoms with E-state index in [1.165, 1.54) is 158 Å². The third-order valence-corrected chi connectivity index (χ3v) is 18.8. The minimum absolute atomic E-state index is 0.886. The molecule has 0 aliphatic heterocycles. The van der Waals surface area contributed by atoms with Crippen molar-refractivity contribution in [3.63, 3.8) is 0 Å². The smallest absolute Gasteiger partial charge is 0.160 e. The second-order valence-corrected chi connectivity index (χ2v) is 22.2. The van der Waals surface area contributed by atoms with Crippen LogP contribution in [-0.4, -0.2) is 17.6 Å². The molecule has 12 aromatic carbocycles. The average Bonchev–Trinajstić information content (AvgIpc) is 3.56. The molecule has 0 saturated heterocycles. The van der Waals surface area contributed by atoms with E-state index in [9.17, 15) is 0 Å². The number of hydrogen-bond donors (Lipinski definition) is 0. The summed E-state index contributed by atoms with van der Waals surface area (Å²) in [7, 11) is 0. The normalized spacial score (nSPS) is 13.4. The molecule has 6 heteroatoms. The fourth-order valence-electron chi connectivity index (χ4n) is 16.0. The largest absolute Gasteiger partial charge is 0.456 e. The zero-order valence-corrected chi connectivity index (χ0v) is 41.2. The van der Waals surface area contributed by atoms with Crippen LogP contribution < -0.4 is 0 Å². The van der Waals surface area contributed by atoms with E-state index in [1.807, 2.05) is 0 Å². The van der Waals surface area contributed by atoms with Gasteiger partial charge in [0.05, 0.1) is 66.2 Å². The summed E-state index contributed by atoms with van der Waals surface area (Å²) < 4.78 is 23.8. The van der Waals surface area contributed by atoms with E-state index in [1.54, 1.807) is 0 Å². The first-order valence-corrected chi connectivity index (χ1v) is 27.0. The summed E-state index contributed by atoms with van der Waals surface area (Å²) in [6.45, 7) is 0. The Kier molecular flexibility index (Phi) is 6.05. The van der Waals surface area contributed by atoms with Gasteiger partial charge in [-0.15, -0.1) is 0 Å². The van der Waals surface area contributed by atoms with Gasteiger partial charge in [0, 0.05) is 108 Å². The number of furan rings is 2. The third-order valence-electron chi connectivity index (χ3n) is 18.8. The topological polar surface area (TPSA) is 43.9 Å². The molecule has 22 rings (SSSR count). The number of rotatable bonds is 1. The average molecular weight is 987 g/mol. The van der Waals surface area contributed by atoms with Crippen LogP contribution in [-0.2, 0) is 0 Å². The van der Waals surface area contributed by atoms with E-state index < -0.39 is 0 Å². The first-order chi connectivity index (χ1) is 38.7. The lowest BCUT2D eigenvalue weighted by molar-refractivity contribution is 0.669. The summed E-state index contributed by atoms with van der Waals surface area (Å²) in [6.07, 6.45) is 0. The minimum Gasteiger partial charge on any atom is -0.456 e. The lowest BCUT2D eigenvalue weighted by Gasteiger charge is -2.07. The van der Waals surface area contributed by atoms with E-state index in [4.69, 9.17) is 8.83 Å². The molecule has 0 spiro atoms. The highest BCUT2D eigenvalue weighted by Gasteiger charge is 2.30. The summed E-state index contributed by atoms with van der Waals surface area (Å²) in [5, 5.41) is 24.9. The van der Waals surface area contributed by atoms with Gasteiger partial charge in [-0.1, -0.05) is 133 Å². The van der Waals surface area contributed by atoms with Crippen LogP contribution in [0.1, 0.15) is 0 Å². The van der Waals surface area contributed by atoms with Gasteiger partial charge in [-0.05, 0) is 83.9 Å². The number of aromatic nitrogens is 4. The van der Waals surface area contributed by atoms with Crippen LogP contribution in [0.3, 0.4) is 0 Å². The lowest BCUT2D eigenvalue weighted by atomic mass is 9.96. The van der Waals surface area contributed by atoms with Crippen molar-refractivity contribution in [3.8, 4) is 11.1 Å². The maximum absolute atomic E-state index is 7.15. The molecule has 0 bridgehead atoms. The van der Waals surface area contributed by atoms with E-state index in [0.717, 1.165) is 49.4 Å². The highest BCUT2D eigenvalue weighted by molar-refractivity contribution is 6.41. The Hall–Kier alpha value is -10.6. The summed E-state index contributed by atoms with van der Waals surface area (Å²) in [5.74, 6) is 0. The second-order valence-electron chi connectivity index (χ2n) is 22.2.